The Bertz CT molecular complexity index is 935. The van der Waals surface area contributed by atoms with E-state index in [0.29, 0.717) is 28.7 Å². The lowest BCUT2D eigenvalue weighted by atomic mass is 9.99. The molecular weight excluding hydrogens is 435 g/mol. The monoisotopic (exact) mass is 461 g/mol. The predicted molar refractivity (Wildman–Crippen MR) is 114 cm³/mol. The molecular formula is C18H26F3N7O2S. The van der Waals surface area contributed by atoms with E-state index in [1.54, 1.807) is 14.0 Å². The van der Waals surface area contributed by atoms with Gasteiger partial charge in [0, 0.05) is 25.4 Å². The molecule has 0 aromatic carbocycles. The minimum atomic E-state index is -4.70. The van der Waals surface area contributed by atoms with Crippen molar-refractivity contribution in [3.63, 3.8) is 0 Å². The Morgan fingerprint density at radius 1 is 1.32 bits per heavy atom. The van der Waals surface area contributed by atoms with Crippen LogP contribution in [0.15, 0.2) is 12.4 Å². The first-order chi connectivity index (χ1) is 14.0. The summed E-state index contributed by atoms with van der Waals surface area (Å²) in [5.74, 6) is 0.876. The van der Waals surface area contributed by atoms with Crippen LogP contribution < -0.4 is 15.5 Å². The molecule has 0 bridgehead atoms. The highest BCUT2D eigenvalue weighted by molar-refractivity contribution is 7.59. The second kappa shape index (κ2) is 9.30. The average Bonchev–Trinajstić information content (AvgIpc) is 3.07. The first-order valence-corrected chi connectivity index (χ1v) is 9.39. The topological polar surface area (TPSA) is 108 Å². The van der Waals surface area contributed by atoms with Crippen LogP contribution in [0.1, 0.15) is 25.1 Å². The van der Waals surface area contributed by atoms with Gasteiger partial charge in [0.2, 0.25) is 11.9 Å². The lowest BCUT2D eigenvalue weighted by Gasteiger charge is -2.36. The molecule has 0 spiro atoms. The number of aryl methyl sites for hydroxylation is 1. The van der Waals surface area contributed by atoms with Gasteiger partial charge in [0.1, 0.15) is 11.7 Å². The van der Waals surface area contributed by atoms with E-state index < -0.39 is 18.8 Å². The van der Waals surface area contributed by atoms with Gasteiger partial charge in [0.15, 0.2) is 11.9 Å². The number of likely N-dealkylation sites (N-methyl/N-ethyl adjacent to an activating group) is 1. The number of aliphatic hydroxyl groups is 1. The molecule has 3 N–H and O–H groups in total. The lowest BCUT2D eigenvalue weighted by Crippen LogP contribution is -2.49. The maximum atomic E-state index is 12.5. The second-order valence-corrected chi connectivity index (χ2v) is 7.60. The standard InChI is InChI=1S/C18H24F3N7O2.H2S/c1-9(2)14-16(30)25-13-10(3)24-17(26-15(13)27(14)4)22-5-11-6-23-28(7-11)8-12(29)18(19,20)21;/h6-7,9,12,14,29H,5,8H2,1-4H3,(H,25,30)(H,22,24,26);1H2/t12?,14-;/m0./s1. The zero-order valence-electron chi connectivity index (χ0n) is 17.5. The third-order valence-electron chi connectivity index (χ3n) is 4.85. The van der Waals surface area contributed by atoms with Gasteiger partial charge in [-0.1, -0.05) is 13.8 Å². The van der Waals surface area contributed by atoms with Gasteiger partial charge in [-0.15, -0.1) is 0 Å². The van der Waals surface area contributed by atoms with Crippen molar-refractivity contribution in [3.05, 3.63) is 23.7 Å². The molecule has 0 aliphatic carbocycles. The predicted octanol–water partition coefficient (Wildman–Crippen LogP) is 2.04. The number of fused-ring (bicyclic) bond motifs is 1. The molecule has 2 atom stereocenters. The van der Waals surface area contributed by atoms with E-state index in [9.17, 15) is 18.0 Å². The van der Waals surface area contributed by atoms with E-state index in [-0.39, 0.29) is 37.9 Å². The number of aliphatic hydroxyl groups excluding tert-OH is 1. The Labute approximate surface area is 184 Å². The first-order valence-electron chi connectivity index (χ1n) is 9.39. The fourth-order valence-electron chi connectivity index (χ4n) is 3.35. The molecule has 3 heterocycles. The molecule has 1 aliphatic rings. The number of rotatable bonds is 6. The van der Waals surface area contributed by atoms with Crippen LogP contribution in [0.5, 0.6) is 0 Å². The summed E-state index contributed by atoms with van der Waals surface area (Å²) in [7, 11) is 1.80. The van der Waals surface area contributed by atoms with Crippen LogP contribution in [0, 0.1) is 12.8 Å². The van der Waals surface area contributed by atoms with Crippen molar-refractivity contribution in [3.8, 4) is 0 Å². The summed E-state index contributed by atoms with van der Waals surface area (Å²) in [4.78, 5) is 23.0. The van der Waals surface area contributed by atoms with Gasteiger partial charge in [-0.2, -0.15) is 36.7 Å². The summed E-state index contributed by atoms with van der Waals surface area (Å²) < 4.78 is 38.4. The highest BCUT2D eigenvalue weighted by Crippen LogP contribution is 2.34. The van der Waals surface area contributed by atoms with Crippen LogP contribution in [0.25, 0.3) is 0 Å². The summed E-state index contributed by atoms with van der Waals surface area (Å²) >= 11 is 0. The quantitative estimate of drug-likeness (QED) is 0.604. The number of aromatic nitrogens is 4. The molecule has 2 aromatic heterocycles. The number of alkyl halides is 3. The average molecular weight is 462 g/mol. The van der Waals surface area contributed by atoms with Gasteiger partial charge in [-0.25, -0.2) is 4.98 Å². The minimum Gasteiger partial charge on any atom is -0.382 e. The number of carbonyl (C=O) groups excluding carboxylic acids is 1. The molecule has 2 aromatic rings. The first kappa shape index (κ1) is 24.7. The summed E-state index contributed by atoms with van der Waals surface area (Å²) in [6.45, 7) is 5.20. The highest BCUT2D eigenvalue weighted by Gasteiger charge is 2.38. The van der Waals surface area contributed by atoms with Gasteiger partial charge in [-0.3, -0.25) is 9.48 Å². The third kappa shape index (κ3) is 5.39. The van der Waals surface area contributed by atoms with Crippen molar-refractivity contribution in [1.82, 2.24) is 19.7 Å². The molecule has 13 heteroatoms. The normalized spacial score (nSPS) is 17.1. The van der Waals surface area contributed by atoms with Crippen molar-refractivity contribution in [2.45, 2.75) is 52.2 Å². The van der Waals surface area contributed by atoms with Crippen molar-refractivity contribution >= 4 is 36.9 Å². The molecule has 172 valence electrons. The lowest BCUT2D eigenvalue weighted by molar-refractivity contribution is -0.208. The Hall–Kier alpha value is -2.54. The second-order valence-electron chi connectivity index (χ2n) is 7.60. The van der Waals surface area contributed by atoms with Crippen molar-refractivity contribution in [2.24, 2.45) is 5.92 Å². The van der Waals surface area contributed by atoms with Gasteiger partial charge < -0.3 is 20.6 Å². The number of nitrogens with zero attached hydrogens (tertiary/aromatic N) is 5. The SMILES string of the molecule is Cc1nc(NCc2cnn(CC(O)C(F)(F)F)c2)nc2c1NC(=O)[C@H](C(C)C)N2C.S. The van der Waals surface area contributed by atoms with Crippen molar-refractivity contribution < 1.29 is 23.1 Å². The summed E-state index contributed by atoms with van der Waals surface area (Å²) in [5, 5.41) is 18.9. The van der Waals surface area contributed by atoms with E-state index in [2.05, 4.69) is 25.7 Å². The van der Waals surface area contributed by atoms with Crippen LogP contribution in [-0.4, -0.2) is 56.1 Å². The van der Waals surface area contributed by atoms with E-state index in [1.165, 1.54) is 12.4 Å². The number of nitrogens with one attached hydrogen (secondary N) is 2. The summed E-state index contributed by atoms with van der Waals surface area (Å²) in [6, 6.07) is -0.363. The smallest absolute Gasteiger partial charge is 0.382 e. The van der Waals surface area contributed by atoms with Gasteiger partial charge >= 0.3 is 6.18 Å². The molecule has 0 fully saturated rings. The van der Waals surface area contributed by atoms with Crippen molar-refractivity contribution in [1.29, 1.82) is 0 Å². The molecule has 9 nitrogen and oxygen atoms in total. The Morgan fingerprint density at radius 3 is 2.61 bits per heavy atom. The summed E-state index contributed by atoms with van der Waals surface area (Å²) in [6.07, 6.45) is -4.37. The van der Waals surface area contributed by atoms with E-state index in [1.807, 2.05) is 18.7 Å². The fourth-order valence-corrected chi connectivity index (χ4v) is 3.35. The molecule has 0 saturated heterocycles. The van der Waals surface area contributed by atoms with Crippen LogP contribution in [-0.2, 0) is 17.9 Å². The molecule has 0 saturated carbocycles. The largest absolute Gasteiger partial charge is 0.416 e. The summed E-state index contributed by atoms with van der Waals surface area (Å²) in [5.41, 5.74) is 1.75. The minimum absolute atomic E-state index is 0. The highest BCUT2D eigenvalue weighted by atomic mass is 32.1. The number of anilines is 3. The van der Waals surface area contributed by atoms with E-state index in [4.69, 9.17) is 5.11 Å². The number of hydrogen-bond acceptors (Lipinski definition) is 7. The van der Waals surface area contributed by atoms with Crippen LogP contribution in [0.3, 0.4) is 0 Å². The van der Waals surface area contributed by atoms with Gasteiger partial charge in [-0.05, 0) is 12.8 Å². The molecule has 1 unspecified atom stereocenters. The maximum absolute atomic E-state index is 12.5. The zero-order valence-corrected chi connectivity index (χ0v) is 18.5. The van der Waals surface area contributed by atoms with E-state index in [0.717, 1.165) is 4.68 Å². The van der Waals surface area contributed by atoms with Gasteiger partial charge in [0.25, 0.3) is 0 Å². The number of hydrogen-bond donors (Lipinski definition) is 3. The fraction of sp³-hybridized carbons (Fsp3) is 0.556. The molecule has 1 amide bonds. The third-order valence-corrected chi connectivity index (χ3v) is 4.85. The van der Waals surface area contributed by atoms with Crippen LogP contribution in [0.2, 0.25) is 0 Å². The molecule has 1 aliphatic heterocycles. The van der Waals surface area contributed by atoms with Crippen LogP contribution in [0.4, 0.5) is 30.6 Å². The number of carbonyl (C=O) groups is 1. The zero-order chi connectivity index (χ0) is 22.2. The Balaban J connectivity index is 0.00000341. The Morgan fingerprint density at radius 2 is 2.00 bits per heavy atom. The molecule has 31 heavy (non-hydrogen) atoms. The molecule has 3 rings (SSSR count). The molecule has 0 radical (unpaired) electrons. The number of amides is 1. The van der Waals surface area contributed by atoms with E-state index >= 15 is 0 Å². The maximum Gasteiger partial charge on any atom is 0.416 e. The van der Waals surface area contributed by atoms with Crippen LogP contribution >= 0.6 is 13.5 Å². The van der Waals surface area contributed by atoms with Crippen molar-refractivity contribution in [2.75, 3.05) is 22.6 Å². The Kier molecular flexibility index (Phi) is 7.42. The number of halogens is 3. The van der Waals surface area contributed by atoms with Gasteiger partial charge in [0.05, 0.1) is 18.4 Å².